The predicted molar refractivity (Wildman–Crippen MR) is 150 cm³/mol. The van der Waals surface area contributed by atoms with Gasteiger partial charge in [-0.1, -0.05) is 62.4 Å². The second-order valence-corrected chi connectivity index (χ2v) is 9.55. The molecule has 0 radical (unpaired) electrons. The van der Waals surface area contributed by atoms with E-state index in [-0.39, 0.29) is 0 Å². The van der Waals surface area contributed by atoms with E-state index in [1.807, 2.05) is 60.7 Å². The maximum Gasteiger partial charge on any atom is 0.222 e. The van der Waals surface area contributed by atoms with E-state index in [4.69, 9.17) is 19.4 Å². The minimum Gasteiger partial charge on any atom is -0.439 e. The Labute approximate surface area is 219 Å². The summed E-state index contributed by atoms with van der Waals surface area (Å²) in [6.45, 7) is 4.43. The number of para-hydroxylation sites is 3. The van der Waals surface area contributed by atoms with E-state index < -0.39 is 0 Å². The molecular formula is C32H24N4O2. The third-order valence-electron chi connectivity index (χ3n) is 6.72. The Morgan fingerprint density at radius 1 is 0.684 bits per heavy atom. The van der Waals surface area contributed by atoms with E-state index >= 15 is 0 Å². The van der Waals surface area contributed by atoms with E-state index in [0.717, 1.165) is 38.5 Å². The number of imidazole rings is 1. The maximum atomic E-state index is 6.19. The van der Waals surface area contributed by atoms with Crippen LogP contribution >= 0.6 is 0 Å². The van der Waals surface area contributed by atoms with Crippen LogP contribution in [-0.2, 0) is 0 Å². The summed E-state index contributed by atoms with van der Waals surface area (Å²) in [6.07, 6.45) is 1.75. The maximum absolute atomic E-state index is 6.19. The van der Waals surface area contributed by atoms with E-state index in [1.54, 1.807) is 18.3 Å². The number of hydrogen-bond acceptors (Lipinski definition) is 5. The van der Waals surface area contributed by atoms with Gasteiger partial charge >= 0.3 is 0 Å². The van der Waals surface area contributed by atoms with Crippen LogP contribution < -0.4 is 9.47 Å². The van der Waals surface area contributed by atoms with E-state index in [9.17, 15) is 0 Å². The zero-order valence-electron chi connectivity index (χ0n) is 21.0. The first kappa shape index (κ1) is 22.2. The van der Waals surface area contributed by atoms with Crippen LogP contribution in [0.25, 0.3) is 38.5 Å². The molecule has 0 unspecified atom stereocenters. The summed E-state index contributed by atoms with van der Waals surface area (Å²) in [6, 6.07) is 31.7. The van der Waals surface area contributed by atoms with Gasteiger partial charge in [0.05, 0.1) is 28.3 Å². The molecule has 3 aromatic carbocycles. The molecule has 0 saturated carbocycles. The van der Waals surface area contributed by atoms with Crippen LogP contribution in [0.2, 0.25) is 0 Å². The molecule has 38 heavy (non-hydrogen) atoms. The Balaban J connectivity index is 1.40. The van der Waals surface area contributed by atoms with Crippen LogP contribution in [0, 0.1) is 0 Å². The predicted octanol–water partition coefficient (Wildman–Crippen LogP) is 8.29. The van der Waals surface area contributed by atoms with Gasteiger partial charge in [-0.05, 0) is 47.9 Å². The Morgan fingerprint density at radius 3 is 2.21 bits per heavy atom. The lowest BCUT2D eigenvalue weighted by Gasteiger charge is -2.15. The Kier molecular flexibility index (Phi) is 5.18. The molecule has 0 bridgehead atoms. The largest absolute Gasteiger partial charge is 0.439 e. The van der Waals surface area contributed by atoms with E-state index in [2.05, 4.69) is 47.5 Å². The van der Waals surface area contributed by atoms with Gasteiger partial charge in [-0.3, -0.25) is 9.38 Å². The fourth-order valence-electron chi connectivity index (χ4n) is 5.04. The van der Waals surface area contributed by atoms with Crippen LogP contribution in [0.1, 0.15) is 25.3 Å². The van der Waals surface area contributed by atoms with Crippen LogP contribution in [-0.4, -0.2) is 19.4 Å². The van der Waals surface area contributed by atoms with Crippen molar-refractivity contribution < 1.29 is 9.47 Å². The molecule has 6 heteroatoms. The van der Waals surface area contributed by atoms with E-state index in [1.165, 1.54) is 5.56 Å². The van der Waals surface area contributed by atoms with Crippen molar-refractivity contribution in [3.63, 3.8) is 0 Å². The number of benzene rings is 3. The normalized spacial score (nSPS) is 11.7. The Bertz CT molecular complexity index is 1960. The summed E-state index contributed by atoms with van der Waals surface area (Å²) >= 11 is 0. The first-order valence-electron chi connectivity index (χ1n) is 12.6. The average Bonchev–Trinajstić information content (AvgIpc) is 3.34. The number of fused-ring (bicyclic) bond motifs is 8. The molecule has 184 valence electrons. The van der Waals surface area contributed by atoms with Crippen LogP contribution in [0.4, 0.5) is 0 Å². The van der Waals surface area contributed by atoms with Crippen LogP contribution in [0.15, 0.2) is 103 Å². The molecule has 0 spiro atoms. The van der Waals surface area contributed by atoms with Gasteiger partial charge in [0.1, 0.15) is 17.1 Å². The van der Waals surface area contributed by atoms with Gasteiger partial charge in [0.2, 0.25) is 11.8 Å². The van der Waals surface area contributed by atoms with Crippen molar-refractivity contribution in [2.45, 2.75) is 19.8 Å². The standard InChI is InChI=1S/C32H24N4O2/c1-20(2)23-12-8-15-27-30(23)31-24(32-34-25-13-6-7-14-26(25)36(27)32)18-22(19-33-31)38-29-17-9-16-28(35-29)37-21-10-4-3-5-11-21/h3-20H,1-2H3. The van der Waals surface area contributed by atoms with Gasteiger partial charge in [-0.25, -0.2) is 4.98 Å². The van der Waals surface area contributed by atoms with Crippen molar-refractivity contribution in [1.29, 1.82) is 0 Å². The first-order valence-corrected chi connectivity index (χ1v) is 12.6. The molecule has 7 aromatic rings. The molecule has 0 aliphatic heterocycles. The highest BCUT2D eigenvalue weighted by Gasteiger charge is 2.18. The number of ether oxygens (including phenoxy) is 2. The van der Waals surface area contributed by atoms with E-state index in [0.29, 0.717) is 29.2 Å². The molecule has 6 nitrogen and oxygen atoms in total. The highest BCUT2D eigenvalue weighted by atomic mass is 16.5. The average molecular weight is 497 g/mol. The number of nitrogens with zero attached hydrogens (tertiary/aromatic N) is 4. The topological polar surface area (TPSA) is 61.5 Å². The molecule has 0 atom stereocenters. The van der Waals surface area contributed by atoms with Gasteiger partial charge in [-0.15, -0.1) is 0 Å². The van der Waals surface area contributed by atoms with Crippen LogP contribution in [0.3, 0.4) is 0 Å². The van der Waals surface area contributed by atoms with Crippen LogP contribution in [0.5, 0.6) is 23.3 Å². The summed E-state index contributed by atoms with van der Waals surface area (Å²) in [5, 5.41) is 2.06. The third-order valence-corrected chi connectivity index (χ3v) is 6.72. The minimum atomic E-state index is 0.336. The lowest BCUT2D eigenvalue weighted by atomic mass is 9.96. The fourth-order valence-corrected chi connectivity index (χ4v) is 5.04. The second-order valence-electron chi connectivity index (χ2n) is 9.55. The molecular weight excluding hydrogens is 472 g/mol. The number of hydrogen-bond donors (Lipinski definition) is 0. The summed E-state index contributed by atoms with van der Waals surface area (Å²) in [5.74, 6) is 2.51. The monoisotopic (exact) mass is 496 g/mol. The second kappa shape index (κ2) is 8.85. The molecule has 0 aliphatic carbocycles. The van der Waals surface area contributed by atoms with Crippen molar-refractivity contribution in [3.8, 4) is 23.3 Å². The summed E-state index contributed by atoms with van der Waals surface area (Å²) in [7, 11) is 0. The molecule has 7 rings (SSSR count). The molecule has 0 N–H and O–H groups in total. The van der Waals surface area contributed by atoms with Gasteiger partial charge in [0.15, 0.2) is 0 Å². The summed E-state index contributed by atoms with van der Waals surface area (Å²) in [4.78, 5) is 14.5. The van der Waals surface area contributed by atoms with Crippen molar-refractivity contribution in [3.05, 3.63) is 109 Å². The van der Waals surface area contributed by atoms with Gasteiger partial charge in [0, 0.05) is 22.9 Å². The minimum absolute atomic E-state index is 0.336. The van der Waals surface area contributed by atoms with Crippen molar-refractivity contribution in [2.24, 2.45) is 0 Å². The third kappa shape index (κ3) is 3.69. The Hall–Kier alpha value is -4.97. The number of aromatic nitrogens is 4. The highest BCUT2D eigenvalue weighted by molar-refractivity contribution is 6.13. The molecule has 0 amide bonds. The summed E-state index contributed by atoms with van der Waals surface area (Å²) < 4.78 is 14.3. The van der Waals surface area contributed by atoms with Gasteiger partial charge in [0.25, 0.3) is 0 Å². The Morgan fingerprint density at radius 2 is 1.39 bits per heavy atom. The summed E-state index contributed by atoms with van der Waals surface area (Å²) in [5.41, 5.74) is 6.11. The molecule has 0 aliphatic rings. The molecule has 0 fully saturated rings. The SMILES string of the molecule is CC(C)c1cccc2c1c1ncc(Oc3cccc(Oc4ccccc4)n3)cc1c1nc3ccccc3n21. The molecule has 4 heterocycles. The van der Waals surface area contributed by atoms with Crippen molar-refractivity contribution in [1.82, 2.24) is 19.4 Å². The zero-order chi connectivity index (χ0) is 25.6. The molecule has 0 saturated heterocycles. The smallest absolute Gasteiger partial charge is 0.222 e. The van der Waals surface area contributed by atoms with Crippen molar-refractivity contribution in [2.75, 3.05) is 0 Å². The molecule has 4 aromatic heterocycles. The number of pyridine rings is 3. The number of rotatable bonds is 5. The van der Waals surface area contributed by atoms with Gasteiger partial charge < -0.3 is 9.47 Å². The van der Waals surface area contributed by atoms with Crippen molar-refractivity contribution >= 4 is 38.5 Å². The lowest BCUT2D eigenvalue weighted by molar-refractivity contribution is 0.426. The quantitative estimate of drug-likeness (QED) is 0.224. The van der Waals surface area contributed by atoms with Gasteiger partial charge in [-0.2, -0.15) is 4.98 Å². The fraction of sp³-hybridized carbons (Fsp3) is 0.0938. The first-order chi connectivity index (χ1) is 18.7. The lowest BCUT2D eigenvalue weighted by Crippen LogP contribution is -1.98. The zero-order valence-corrected chi connectivity index (χ0v) is 21.0. The highest BCUT2D eigenvalue weighted by Crippen LogP contribution is 2.37.